The first kappa shape index (κ1) is 10.4. The van der Waals surface area contributed by atoms with Gasteiger partial charge in [-0.3, -0.25) is 0 Å². The van der Waals surface area contributed by atoms with Crippen molar-refractivity contribution in [1.29, 1.82) is 0 Å². The number of ether oxygens (including phenoxy) is 1. The summed E-state index contributed by atoms with van der Waals surface area (Å²) in [6.45, 7) is 5.65. The highest BCUT2D eigenvalue weighted by atomic mass is 16.5. The van der Waals surface area contributed by atoms with Crippen molar-refractivity contribution in [3.05, 3.63) is 17.5 Å². The minimum atomic E-state index is 0.328. The lowest BCUT2D eigenvalue weighted by Gasteiger charge is -2.11. The highest BCUT2D eigenvalue weighted by Gasteiger charge is 2.15. The maximum atomic E-state index is 5.52. The van der Waals surface area contributed by atoms with Gasteiger partial charge in [0.25, 0.3) is 0 Å². The Morgan fingerprint density at radius 2 is 2.13 bits per heavy atom. The van der Waals surface area contributed by atoms with Crippen molar-refractivity contribution in [3.63, 3.8) is 0 Å². The highest BCUT2D eigenvalue weighted by molar-refractivity contribution is 5.27. The smallest absolute Gasteiger partial charge is 0.223 e. The predicted octanol–water partition coefficient (Wildman–Crippen LogP) is 1.68. The molecule has 2 rings (SSSR count). The van der Waals surface area contributed by atoms with Crippen LogP contribution in [0.4, 0.5) is 5.95 Å². The van der Waals surface area contributed by atoms with Gasteiger partial charge >= 0.3 is 0 Å². The Labute approximate surface area is 90.1 Å². The van der Waals surface area contributed by atoms with Gasteiger partial charge in [0.1, 0.15) is 0 Å². The molecule has 0 saturated carbocycles. The highest BCUT2D eigenvalue weighted by Crippen LogP contribution is 2.12. The third kappa shape index (κ3) is 2.89. The van der Waals surface area contributed by atoms with E-state index in [1.54, 1.807) is 0 Å². The number of hydrogen-bond donors (Lipinski definition) is 1. The molecule has 4 heteroatoms. The molecule has 1 aliphatic heterocycles. The fourth-order valence-corrected chi connectivity index (χ4v) is 1.82. The van der Waals surface area contributed by atoms with Crippen molar-refractivity contribution in [2.75, 3.05) is 18.5 Å². The second-order valence-electron chi connectivity index (χ2n) is 3.99. The summed E-state index contributed by atoms with van der Waals surface area (Å²) in [6.07, 6.45) is 2.63. The molecule has 1 aromatic heterocycles. The van der Waals surface area contributed by atoms with E-state index in [0.717, 1.165) is 31.0 Å². The summed E-state index contributed by atoms with van der Waals surface area (Å²) in [6, 6.07) is 1.97. The number of rotatable bonds is 3. The summed E-state index contributed by atoms with van der Waals surface area (Å²) >= 11 is 0. The molecule has 15 heavy (non-hydrogen) atoms. The molecule has 0 bridgehead atoms. The summed E-state index contributed by atoms with van der Waals surface area (Å²) in [5, 5.41) is 3.22. The largest absolute Gasteiger partial charge is 0.376 e. The van der Waals surface area contributed by atoms with Crippen LogP contribution in [0.1, 0.15) is 24.2 Å². The molecule has 2 heterocycles. The second kappa shape index (κ2) is 4.57. The molecule has 1 N–H and O–H groups in total. The van der Waals surface area contributed by atoms with Gasteiger partial charge in [0.2, 0.25) is 5.95 Å². The van der Waals surface area contributed by atoms with Gasteiger partial charge in [0, 0.05) is 24.5 Å². The Bertz CT molecular complexity index is 314. The third-order valence-electron chi connectivity index (χ3n) is 2.49. The molecule has 0 aliphatic carbocycles. The van der Waals surface area contributed by atoms with Gasteiger partial charge in [-0.25, -0.2) is 9.97 Å². The van der Waals surface area contributed by atoms with Crippen LogP contribution >= 0.6 is 0 Å². The standard InChI is InChI=1S/C11H17N3O/c1-8-6-9(2)14-11(13-8)12-7-10-4-3-5-15-10/h6,10H,3-5,7H2,1-2H3,(H,12,13,14)/t10-/m1/s1. The van der Waals surface area contributed by atoms with Crippen molar-refractivity contribution in [2.45, 2.75) is 32.8 Å². The van der Waals surface area contributed by atoms with E-state index in [2.05, 4.69) is 15.3 Å². The van der Waals surface area contributed by atoms with E-state index in [1.165, 1.54) is 6.42 Å². The van der Waals surface area contributed by atoms with Crippen LogP contribution in [0.5, 0.6) is 0 Å². The molecule has 1 aromatic rings. The minimum Gasteiger partial charge on any atom is -0.376 e. The molecule has 1 aliphatic rings. The molecule has 1 fully saturated rings. The van der Waals surface area contributed by atoms with Crippen molar-refractivity contribution < 1.29 is 4.74 Å². The van der Waals surface area contributed by atoms with Crippen molar-refractivity contribution in [2.24, 2.45) is 0 Å². The molecule has 0 radical (unpaired) electrons. The zero-order valence-electron chi connectivity index (χ0n) is 9.29. The second-order valence-corrected chi connectivity index (χ2v) is 3.99. The van der Waals surface area contributed by atoms with E-state index < -0.39 is 0 Å². The van der Waals surface area contributed by atoms with E-state index in [0.29, 0.717) is 12.1 Å². The monoisotopic (exact) mass is 207 g/mol. The Morgan fingerprint density at radius 3 is 2.73 bits per heavy atom. The summed E-state index contributed by atoms with van der Waals surface area (Å²) < 4.78 is 5.52. The number of aryl methyl sites for hydroxylation is 2. The summed E-state index contributed by atoms with van der Waals surface area (Å²) in [4.78, 5) is 8.63. The van der Waals surface area contributed by atoms with Crippen LogP contribution in [0.2, 0.25) is 0 Å². The van der Waals surface area contributed by atoms with Crippen LogP contribution in [0.25, 0.3) is 0 Å². The van der Waals surface area contributed by atoms with Crippen LogP contribution < -0.4 is 5.32 Å². The molecule has 0 unspecified atom stereocenters. The molecule has 1 atom stereocenters. The van der Waals surface area contributed by atoms with Crippen LogP contribution in [-0.2, 0) is 4.74 Å². The number of hydrogen-bond acceptors (Lipinski definition) is 4. The van der Waals surface area contributed by atoms with Crippen molar-refractivity contribution >= 4 is 5.95 Å². The summed E-state index contributed by atoms with van der Waals surface area (Å²) in [5.41, 5.74) is 2.00. The predicted molar refractivity (Wildman–Crippen MR) is 59.0 cm³/mol. The topological polar surface area (TPSA) is 47.0 Å². The molecule has 0 aromatic carbocycles. The van der Waals surface area contributed by atoms with Crippen LogP contribution in [-0.4, -0.2) is 29.2 Å². The van der Waals surface area contributed by atoms with E-state index in [4.69, 9.17) is 4.74 Å². The van der Waals surface area contributed by atoms with Crippen molar-refractivity contribution in [3.8, 4) is 0 Å². The number of nitrogens with zero attached hydrogens (tertiary/aromatic N) is 2. The van der Waals surface area contributed by atoms with Gasteiger partial charge in [-0.05, 0) is 32.8 Å². The van der Waals surface area contributed by atoms with E-state index in [-0.39, 0.29) is 0 Å². The maximum absolute atomic E-state index is 5.52. The van der Waals surface area contributed by atoms with Gasteiger partial charge in [-0.2, -0.15) is 0 Å². The molecular weight excluding hydrogens is 190 g/mol. The zero-order valence-corrected chi connectivity index (χ0v) is 9.29. The normalized spacial score (nSPS) is 20.5. The Kier molecular flexibility index (Phi) is 3.16. The Morgan fingerprint density at radius 1 is 1.40 bits per heavy atom. The van der Waals surface area contributed by atoms with Gasteiger partial charge in [0.15, 0.2) is 0 Å². The zero-order chi connectivity index (χ0) is 10.7. The van der Waals surface area contributed by atoms with Crippen LogP contribution in [0, 0.1) is 13.8 Å². The lowest BCUT2D eigenvalue weighted by Crippen LogP contribution is -2.19. The number of aromatic nitrogens is 2. The molecule has 4 nitrogen and oxygen atoms in total. The van der Waals surface area contributed by atoms with E-state index in [1.807, 2.05) is 19.9 Å². The maximum Gasteiger partial charge on any atom is 0.223 e. The number of anilines is 1. The molecule has 0 spiro atoms. The summed E-state index contributed by atoms with van der Waals surface area (Å²) in [5.74, 6) is 0.711. The van der Waals surface area contributed by atoms with Gasteiger partial charge < -0.3 is 10.1 Å². The SMILES string of the molecule is Cc1cc(C)nc(NC[C@H]2CCCO2)n1. The average molecular weight is 207 g/mol. The lowest BCUT2D eigenvalue weighted by atomic mass is 10.2. The summed E-state index contributed by atoms with van der Waals surface area (Å²) in [7, 11) is 0. The minimum absolute atomic E-state index is 0.328. The van der Waals surface area contributed by atoms with Gasteiger partial charge in [-0.15, -0.1) is 0 Å². The number of nitrogens with one attached hydrogen (secondary N) is 1. The fourth-order valence-electron chi connectivity index (χ4n) is 1.82. The third-order valence-corrected chi connectivity index (χ3v) is 2.49. The first-order valence-electron chi connectivity index (χ1n) is 5.42. The van der Waals surface area contributed by atoms with Crippen LogP contribution in [0.3, 0.4) is 0 Å². The molecule has 82 valence electrons. The molecule has 0 amide bonds. The van der Waals surface area contributed by atoms with Crippen LogP contribution in [0.15, 0.2) is 6.07 Å². The fraction of sp³-hybridized carbons (Fsp3) is 0.636. The Hall–Kier alpha value is -1.16. The lowest BCUT2D eigenvalue weighted by molar-refractivity contribution is 0.120. The van der Waals surface area contributed by atoms with E-state index >= 15 is 0 Å². The van der Waals surface area contributed by atoms with E-state index in [9.17, 15) is 0 Å². The van der Waals surface area contributed by atoms with Gasteiger partial charge in [-0.1, -0.05) is 0 Å². The first-order valence-corrected chi connectivity index (χ1v) is 5.42. The quantitative estimate of drug-likeness (QED) is 0.819. The first-order chi connectivity index (χ1) is 7.24. The van der Waals surface area contributed by atoms with Crippen molar-refractivity contribution in [1.82, 2.24) is 9.97 Å². The Balaban J connectivity index is 1.92. The van der Waals surface area contributed by atoms with Gasteiger partial charge in [0.05, 0.1) is 6.10 Å². The molecular formula is C11H17N3O. The average Bonchev–Trinajstić information content (AvgIpc) is 2.65. The molecule has 1 saturated heterocycles.